The lowest BCUT2D eigenvalue weighted by Gasteiger charge is -2.32. The summed E-state index contributed by atoms with van der Waals surface area (Å²) in [5, 5.41) is 5.35. The minimum Gasteiger partial charge on any atom is -0.355 e. The van der Waals surface area contributed by atoms with Crippen molar-refractivity contribution in [3.63, 3.8) is 0 Å². The Morgan fingerprint density at radius 1 is 0.909 bits per heavy atom. The highest BCUT2D eigenvalue weighted by atomic mass is 35.5. The van der Waals surface area contributed by atoms with Gasteiger partial charge in [-0.15, -0.1) is 0 Å². The molecule has 0 saturated carbocycles. The van der Waals surface area contributed by atoms with Gasteiger partial charge in [-0.1, -0.05) is 54.1 Å². The van der Waals surface area contributed by atoms with Crippen molar-refractivity contribution in [1.29, 1.82) is 0 Å². The average molecular weight is 458 g/mol. The monoisotopic (exact) mass is 457 g/mol. The Kier molecular flexibility index (Phi) is 6.55. The van der Waals surface area contributed by atoms with Gasteiger partial charge in [0.1, 0.15) is 0 Å². The molecule has 0 unspecified atom stereocenters. The number of likely N-dealkylation sites (N-methyl/N-ethyl adjacent to an activating group) is 1. The van der Waals surface area contributed by atoms with Crippen molar-refractivity contribution in [3.8, 4) is 22.4 Å². The third kappa shape index (κ3) is 4.86. The molecule has 0 spiro atoms. The summed E-state index contributed by atoms with van der Waals surface area (Å²) < 4.78 is 0. The SMILES string of the molecule is CNCCN1CCC(c2cc(C)c3cc(-c4ccc(-c5ccc(Cl)cc5)cc4)[nH]c3c2)CC1. The van der Waals surface area contributed by atoms with E-state index in [1.807, 2.05) is 19.2 Å². The molecule has 0 radical (unpaired) electrons. The number of aryl methyl sites for hydroxylation is 1. The molecule has 3 aromatic carbocycles. The van der Waals surface area contributed by atoms with Crippen LogP contribution >= 0.6 is 11.6 Å². The molecule has 5 rings (SSSR count). The Hall–Kier alpha value is -2.59. The van der Waals surface area contributed by atoms with Crippen LogP contribution in [0.5, 0.6) is 0 Å². The number of rotatable bonds is 6. The molecule has 2 N–H and O–H groups in total. The van der Waals surface area contributed by atoms with Gasteiger partial charge in [-0.25, -0.2) is 0 Å². The Morgan fingerprint density at radius 3 is 2.21 bits per heavy atom. The lowest BCUT2D eigenvalue weighted by Crippen LogP contribution is -2.37. The second kappa shape index (κ2) is 9.72. The highest BCUT2D eigenvalue weighted by Crippen LogP contribution is 2.34. The molecular weight excluding hydrogens is 426 g/mol. The maximum Gasteiger partial charge on any atom is 0.0464 e. The van der Waals surface area contributed by atoms with E-state index >= 15 is 0 Å². The van der Waals surface area contributed by atoms with Crippen LogP contribution in [0.1, 0.15) is 29.9 Å². The minimum absolute atomic E-state index is 0.657. The summed E-state index contributed by atoms with van der Waals surface area (Å²) in [6.07, 6.45) is 2.49. The predicted molar refractivity (Wildman–Crippen MR) is 141 cm³/mol. The van der Waals surface area contributed by atoms with Crippen molar-refractivity contribution in [2.24, 2.45) is 0 Å². The van der Waals surface area contributed by atoms with Gasteiger partial charge in [-0.2, -0.15) is 0 Å². The summed E-state index contributed by atoms with van der Waals surface area (Å²) in [7, 11) is 2.03. The van der Waals surface area contributed by atoms with Crippen LogP contribution in [-0.2, 0) is 0 Å². The number of piperidine rings is 1. The van der Waals surface area contributed by atoms with Crippen molar-refractivity contribution >= 4 is 22.5 Å². The molecule has 0 amide bonds. The molecule has 1 saturated heterocycles. The normalized spacial score (nSPS) is 15.4. The zero-order valence-electron chi connectivity index (χ0n) is 19.5. The first kappa shape index (κ1) is 22.2. The number of nitrogens with one attached hydrogen (secondary N) is 2. The van der Waals surface area contributed by atoms with Gasteiger partial charge >= 0.3 is 0 Å². The van der Waals surface area contributed by atoms with E-state index in [0.717, 1.165) is 18.1 Å². The molecule has 1 aromatic heterocycles. The molecule has 4 heteroatoms. The fourth-order valence-electron chi connectivity index (χ4n) is 5.08. The molecule has 3 nitrogen and oxygen atoms in total. The third-order valence-corrected chi connectivity index (χ3v) is 7.33. The summed E-state index contributed by atoms with van der Waals surface area (Å²) in [4.78, 5) is 6.28. The second-order valence-electron chi connectivity index (χ2n) is 9.29. The number of aromatic nitrogens is 1. The third-order valence-electron chi connectivity index (χ3n) is 7.08. The lowest BCUT2D eigenvalue weighted by molar-refractivity contribution is 0.214. The highest BCUT2D eigenvalue weighted by molar-refractivity contribution is 6.30. The molecule has 1 aliphatic rings. The Morgan fingerprint density at radius 2 is 1.55 bits per heavy atom. The zero-order chi connectivity index (χ0) is 22.8. The second-order valence-corrected chi connectivity index (χ2v) is 9.72. The Balaban J connectivity index is 1.35. The molecule has 170 valence electrons. The summed E-state index contributed by atoms with van der Waals surface area (Å²) in [6, 6.07) is 23.9. The number of likely N-dealkylation sites (tertiary alicyclic amines) is 1. The number of hydrogen-bond donors (Lipinski definition) is 2. The van der Waals surface area contributed by atoms with Crippen LogP contribution in [0, 0.1) is 6.92 Å². The molecule has 1 aliphatic heterocycles. The Labute approximate surface area is 201 Å². The topological polar surface area (TPSA) is 31.1 Å². The fourth-order valence-corrected chi connectivity index (χ4v) is 5.21. The van der Waals surface area contributed by atoms with E-state index in [-0.39, 0.29) is 0 Å². The van der Waals surface area contributed by atoms with Gasteiger partial charge in [0.2, 0.25) is 0 Å². The fraction of sp³-hybridized carbons (Fsp3) is 0.310. The van der Waals surface area contributed by atoms with Gasteiger partial charge in [0, 0.05) is 34.7 Å². The Bertz CT molecular complexity index is 1220. The summed E-state index contributed by atoms with van der Waals surface area (Å²) >= 11 is 6.03. The first-order chi connectivity index (χ1) is 16.1. The van der Waals surface area contributed by atoms with E-state index < -0.39 is 0 Å². The van der Waals surface area contributed by atoms with Crippen molar-refractivity contribution in [1.82, 2.24) is 15.2 Å². The minimum atomic E-state index is 0.657. The van der Waals surface area contributed by atoms with Gasteiger partial charge in [0.15, 0.2) is 0 Å². The number of halogens is 1. The average Bonchev–Trinajstić information content (AvgIpc) is 3.29. The van der Waals surface area contributed by atoms with Gasteiger partial charge < -0.3 is 15.2 Å². The van der Waals surface area contributed by atoms with E-state index in [1.165, 1.54) is 70.3 Å². The zero-order valence-corrected chi connectivity index (χ0v) is 20.3. The van der Waals surface area contributed by atoms with Crippen molar-refractivity contribution in [2.45, 2.75) is 25.7 Å². The van der Waals surface area contributed by atoms with Crippen molar-refractivity contribution in [3.05, 3.63) is 82.9 Å². The molecule has 2 heterocycles. The molecule has 0 atom stereocenters. The molecule has 0 bridgehead atoms. The summed E-state index contributed by atoms with van der Waals surface area (Å²) in [6.45, 7) is 6.85. The number of hydrogen-bond acceptors (Lipinski definition) is 2. The van der Waals surface area contributed by atoms with Crippen LogP contribution in [0.15, 0.2) is 66.7 Å². The van der Waals surface area contributed by atoms with Gasteiger partial charge in [-0.3, -0.25) is 0 Å². The number of fused-ring (bicyclic) bond motifs is 1. The molecule has 0 aliphatic carbocycles. The van der Waals surface area contributed by atoms with Gasteiger partial charge in [0.25, 0.3) is 0 Å². The van der Waals surface area contributed by atoms with Crippen LogP contribution in [-0.4, -0.2) is 43.1 Å². The van der Waals surface area contributed by atoms with E-state index in [0.29, 0.717) is 5.92 Å². The number of benzene rings is 3. The van der Waals surface area contributed by atoms with E-state index in [1.54, 1.807) is 0 Å². The quantitative estimate of drug-likeness (QED) is 0.331. The smallest absolute Gasteiger partial charge is 0.0464 e. The first-order valence-corrected chi connectivity index (χ1v) is 12.3. The van der Waals surface area contributed by atoms with E-state index in [2.05, 4.69) is 76.7 Å². The molecule has 33 heavy (non-hydrogen) atoms. The standard InChI is InChI=1S/C29H32ClN3/c1-20-17-25(23-11-14-33(15-12-23)16-13-31-2)18-29-27(20)19-28(32-29)24-5-3-21(4-6-24)22-7-9-26(30)10-8-22/h3-10,17-19,23,31-32H,11-16H2,1-2H3. The van der Waals surface area contributed by atoms with Gasteiger partial charge in [-0.05, 0) is 97.9 Å². The molecule has 1 fully saturated rings. The number of nitrogens with zero attached hydrogens (tertiary/aromatic N) is 1. The van der Waals surface area contributed by atoms with Crippen LogP contribution in [0.2, 0.25) is 5.02 Å². The van der Waals surface area contributed by atoms with Crippen LogP contribution in [0.25, 0.3) is 33.3 Å². The highest BCUT2D eigenvalue weighted by Gasteiger charge is 2.21. The van der Waals surface area contributed by atoms with Crippen LogP contribution in [0.3, 0.4) is 0 Å². The largest absolute Gasteiger partial charge is 0.355 e. The summed E-state index contributed by atoms with van der Waals surface area (Å²) in [5.41, 5.74) is 8.86. The van der Waals surface area contributed by atoms with Crippen molar-refractivity contribution in [2.75, 3.05) is 33.2 Å². The number of aromatic amines is 1. The number of H-pyrrole nitrogens is 1. The first-order valence-electron chi connectivity index (χ1n) is 12.0. The predicted octanol–water partition coefficient (Wildman–Crippen LogP) is 6.86. The van der Waals surface area contributed by atoms with E-state index in [9.17, 15) is 0 Å². The molecule has 4 aromatic rings. The maximum absolute atomic E-state index is 6.03. The van der Waals surface area contributed by atoms with E-state index in [4.69, 9.17) is 11.6 Å². The summed E-state index contributed by atoms with van der Waals surface area (Å²) in [5.74, 6) is 0.657. The molecular formula is C29H32ClN3. The van der Waals surface area contributed by atoms with Gasteiger partial charge in [0.05, 0.1) is 0 Å². The van der Waals surface area contributed by atoms with Crippen LogP contribution < -0.4 is 5.32 Å². The maximum atomic E-state index is 6.03. The van der Waals surface area contributed by atoms with Crippen LogP contribution in [0.4, 0.5) is 0 Å². The lowest BCUT2D eigenvalue weighted by atomic mass is 9.88. The van der Waals surface area contributed by atoms with Crippen molar-refractivity contribution < 1.29 is 0 Å².